The molecule has 0 aromatic heterocycles. The van der Waals surface area contributed by atoms with Crippen LogP contribution in [-0.4, -0.2) is 48.9 Å². The Labute approximate surface area is 153 Å². The van der Waals surface area contributed by atoms with Crippen LogP contribution in [-0.2, 0) is 19.1 Å². The van der Waals surface area contributed by atoms with Gasteiger partial charge in [0, 0.05) is 17.7 Å². The second kappa shape index (κ2) is 9.72. The Morgan fingerprint density at radius 2 is 1.88 bits per heavy atom. The zero-order valence-electron chi connectivity index (χ0n) is 14.9. The number of rotatable bonds is 7. The molecule has 1 aromatic carbocycles. The Kier molecular flexibility index (Phi) is 7.35. The highest BCUT2D eigenvalue weighted by Crippen LogP contribution is 2.17. The Bertz CT molecular complexity index is 662. The normalized spacial score (nSPS) is 15.7. The molecule has 1 fully saturated rings. The summed E-state index contributed by atoms with van der Waals surface area (Å²) in [6.45, 7) is 3.77. The van der Waals surface area contributed by atoms with E-state index in [4.69, 9.17) is 10.5 Å². The van der Waals surface area contributed by atoms with Crippen molar-refractivity contribution in [2.24, 2.45) is 11.7 Å². The number of anilines is 1. The zero-order valence-corrected chi connectivity index (χ0v) is 14.9. The molecule has 0 aliphatic carbocycles. The van der Waals surface area contributed by atoms with Crippen molar-refractivity contribution in [3.63, 3.8) is 0 Å². The molecule has 1 aliphatic rings. The highest BCUT2D eigenvalue weighted by molar-refractivity contribution is 5.92. The van der Waals surface area contributed by atoms with Gasteiger partial charge in [0.1, 0.15) is 0 Å². The number of carbonyl (C=O) groups is 3. The van der Waals surface area contributed by atoms with Crippen molar-refractivity contribution in [3.8, 4) is 0 Å². The van der Waals surface area contributed by atoms with E-state index in [0.29, 0.717) is 38.2 Å². The number of carbonyl (C=O) groups excluding carboxylic acids is 3. The molecule has 1 heterocycles. The molecule has 0 atom stereocenters. The predicted octanol–water partition coefficient (Wildman–Crippen LogP) is 1.40. The minimum Gasteiger partial charge on any atom is -0.463 e. The molecule has 2 amide bonds. The van der Waals surface area contributed by atoms with Crippen LogP contribution in [0.5, 0.6) is 0 Å². The van der Waals surface area contributed by atoms with Crippen molar-refractivity contribution in [1.29, 1.82) is 0 Å². The molecule has 0 saturated carbocycles. The van der Waals surface area contributed by atoms with E-state index < -0.39 is 0 Å². The number of esters is 1. The van der Waals surface area contributed by atoms with E-state index in [1.165, 1.54) is 6.08 Å². The molecule has 0 bridgehead atoms. The number of benzene rings is 1. The van der Waals surface area contributed by atoms with Crippen molar-refractivity contribution >= 4 is 29.5 Å². The van der Waals surface area contributed by atoms with Gasteiger partial charge in [0.2, 0.25) is 11.8 Å². The summed E-state index contributed by atoms with van der Waals surface area (Å²) in [5.41, 5.74) is 6.84. The Morgan fingerprint density at radius 3 is 2.46 bits per heavy atom. The number of nitrogens with two attached hydrogens (primary N) is 1. The third-order valence-electron chi connectivity index (χ3n) is 4.25. The van der Waals surface area contributed by atoms with E-state index in [1.54, 1.807) is 25.1 Å². The van der Waals surface area contributed by atoms with Gasteiger partial charge in [-0.3, -0.25) is 14.5 Å². The molecule has 140 valence electrons. The highest BCUT2D eigenvalue weighted by Gasteiger charge is 2.24. The Morgan fingerprint density at radius 1 is 1.23 bits per heavy atom. The van der Waals surface area contributed by atoms with E-state index in [-0.39, 0.29) is 30.2 Å². The lowest BCUT2D eigenvalue weighted by Gasteiger charge is -2.29. The van der Waals surface area contributed by atoms with Crippen molar-refractivity contribution in [3.05, 3.63) is 35.9 Å². The van der Waals surface area contributed by atoms with Crippen LogP contribution in [0, 0.1) is 5.92 Å². The maximum Gasteiger partial charge on any atom is 0.330 e. The van der Waals surface area contributed by atoms with Crippen LogP contribution < -0.4 is 11.1 Å². The summed E-state index contributed by atoms with van der Waals surface area (Å²) in [6.07, 6.45) is 4.42. The summed E-state index contributed by atoms with van der Waals surface area (Å²) in [6, 6.07) is 7.18. The SMILES string of the molecule is CCOC(=O)/C=C/c1ccc(NC(=O)CN2CCC(C(N)=O)CC2)cc1. The number of likely N-dealkylation sites (tertiary alicyclic amines) is 1. The number of hydrogen-bond acceptors (Lipinski definition) is 5. The van der Waals surface area contributed by atoms with Crippen molar-refractivity contribution < 1.29 is 19.1 Å². The van der Waals surface area contributed by atoms with Gasteiger partial charge in [0.25, 0.3) is 0 Å². The smallest absolute Gasteiger partial charge is 0.330 e. The second-order valence-electron chi connectivity index (χ2n) is 6.21. The van der Waals surface area contributed by atoms with Gasteiger partial charge in [-0.15, -0.1) is 0 Å². The third-order valence-corrected chi connectivity index (χ3v) is 4.25. The molecule has 26 heavy (non-hydrogen) atoms. The maximum absolute atomic E-state index is 12.1. The molecule has 3 N–H and O–H groups in total. The van der Waals surface area contributed by atoms with Gasteiger partial charge in [0.15, 0.2) is 0 Å². The first-order chi connectivity index (χ1) is 12.5. The van der Waals surface area contributed by atoms with Crippen LogP contribution in [0.2, 0.25) is 0 Å². The van der Waals surface area contributed by atoms with Gasteiger partial charge in [-0.1, -0.05) is 12.1 Å². The lowest BCUT2D eigenvalue weighted by atomic mass is 9.96. The zero-order chi connectivity index (χ0) is 18.9. The quantitative estimate of drug-likeness (QED) is 0.566. The van der Waals surface area contributed by atoms with Gasteiger partial charge < -0.3 is 15.8 Å². The van der Waals surface area contributed by atoms with Gasteiger partial charge in [-0.05, 0) is 56.6 Å². The van der Waals surface area contributed by atoms with E-state index >= 15 is 0 Å². The molecule has 1 aliphatic heterocycles. The molecule has 1 aromatic rings. The number of amides is 2. The minimum atomic E-state index is -0.384. The van der Waals surface area contributed by atoms with Gasteiger partial charge in [-0.25, -0.2) is 4.79 Å². The third kappa shape index (κ3) is 6.33. The molecule has 1 saturated heterocycles. The fraction of sp³-hybridized carbons (Fsp3) is 0.421. The Balaban J connectivity index is 1.79. The van der Waals surface area contributed by atoms with Crippen LogP contribution in [0.1, 0.15) is 25.3 Å². The summed E-state index contributed by atoms with van der Waals surface area (Å²) in [7, 11) is 0. The standard InChI is InChI=1S/C19H25N3O4/c1-2-26-18(24)8-5-14-3-6-16(7-4-14)21-17(23)13-22-11-9-15(10-12-22)19(20)25/h3-8,15H,2,9-13H2,1H3,(H2,20,25)(H,21,23)/b8-5+. The number of nitrogens with zero attached hydrogens (tertiary/aromatic N) is 1. The Hall–Kier alpha value is -2.67. The maximum atomic E-state index is 12.1. The molecular weight excluding hydrogens is 334 g/mol. The lowest BCUT2D eigenvalue weighted by Crippen LogP contribution is -2.42. The number of nitrogens with one attached hydrogen (secondary N) is 1. The lowest BCUT2D eigenvalue weighted by molar-refractivity contribution is -0.137. The van der Waals surface area contributed by atoms with Crippen molar-refractivity contribution in [1.82, 2.24) is 4.90 Å². The molecule has 7 heteroatoms. The molecule has 7 nitrogen and oxygen atoms in total. The molecule has 0 unspecified atom stereocenters. The van der Waals surface area contributed by atoms with Gasteiger partial charge >= 0.3 is 5.97 Å². The first kappa shape index (κ1) is 19.7. The summed E-state index contributed by atoms with van der Waals surface area (Å²) < 4.78 is 4.82. The number of primary amides is 1. The summed E-state index contributed by atoms with van der Waals surface area (Å²) in [5.74, 6) is -0.821. The topological polar surface area (TPSA) is 102 Å². The van der Waals surface area contributed by atoms with Crippen LogP contribution in [0.3, 0.4) is 0 Å². The van der Waals surface area contributed by atoms with E-state index in [2.05, 4.69) is 5.32 Å². The fourth-order valence-electron chi connectivity index (χ4n) is 2.81. The average Bonchev–Trinajstić information content (AvgIpc) is 2.62. The largest absolute Gasteiger partial charge is 0.463 e. The minimum absolute atomic E-state index is 0.0791. The summed E-state index contributed by atoms with van der Waals surface area (Å²) >= 11 is 0. The summed E-state index contributed by atoms with van der Waals surface area (Å²) in [4.78, 5) is 36.6. The number of piperidine rings is 1. The first-order valence-corrected chi connectivity index (χ1v) is 8.74. The van der Waals surface area contributed by atoms with Gasteiger partial charge in [0.05, 0.1) is 13.2 Å². The van der Waals surface area contributed by atoms with Crippen LogP contribution >= 0.6 is 0 Å². The number of hydrogen-bond donors (Lipinski definition) is 2. The first-order valence-electron chi connectivity index (χ1n) is 8.74. The summed E-state index contributed by atoms with van der Waals surface area (Å²) in [5, 5.41) is 2.85. The number of ether oxygens (including phenoxy) is 1. The van der Waals surface area contributed by atoms with Gasteiger partial charge in [-0.2, -0.15) is 0 Å². The fourth-order valence-corrected chi connectivity index (χ4v) is 2.81. The average molecular weight is 359 g/mol. The van der Waals surface area contributed by atoms with Crippen molar-refractivity contribution in [2.75, 3.05) is 31.6 Å². The highest BCUT2D eigenvalue weighted by atomic mass is 16.5. The van der Waals surface area contributed by atoms with Crippen LogP contribution in [0.25, 0.3) is 6.08 Å². The van der Waals surface area contributed by atoms with E-state index in [0.717, 1.165) is 5.56 Å². The molecule has 0 radical (unpaired) electrons. The van der Waals surface area contributed by atoms with Crippen LogP contribution in [0.15, 0.2) is 30.3 Å². The molecular formula is C19H25N3O4. The monoisotopic (exact) mass is 359 g/mol. The van der Waals surface area contributed by atoms with Crippen LogP contribution in [0.4, 0.5) is 5.69 Å². The van der Waals surface area contributed by atoms with E-state index in [9.17, 15) is 14.4 Å². The molecule has 0 spiro atoms. The molecule has 2 rings (SSSR count). The second-order valence-corrected chi connectivity index (χ2v) is 6.21. The predicted molar refractivity (Wildman–Crippen MR) is 99.1 cm³/mol. The van der Waals surface area contributed by atoms with Crippen molar-refractivity contribution in [2.45, 2.75) is 19.8 Å². The van der Waals surface area contributed by atoms with E-state index in [1.807, 2.05) is 17.0 Å².